The average molecular weight is 1230 g/mol. The summed E-state index contributed by atoms with van der Waals surface area (Å²) in [6, 6.07) is 0. The quantitative estimate of drug-likeness (QED) is 0.0195. The van der Waals surface area contributed by atoms with E-state index in [0.717, 1.165) is 64.2 Å². The van der Waals surface area contributed by atoms with Gasteiger partial charge in [-0.05, 0) is 83.5 Å². The predicted molar refractivity (Wildman–Crippen MR) is 370 cm³/mol. The molecule has 0 aromatic rings. The van der Waals surface area contributed by atoms with E-state index in [-0.39, 0.29) is 32.0 Å². The lowest BCUT2D eigenvalue weighted by Gasteiger charge is -2.28. The molecule has 0 radical (unpaired) electrons. The summed E-state index contributed by atoms with van der Waals surface area (Å²) >= 11 is 0. The molecular formula is C76H140NO8P. The second-order valence-electron chi connectivity index (χ2n) is 25.9. The van der Waals surface area contributed by atoms with Gasteiger partial charge in [-0.2, -0.15) is 0 Å². The van der Waals surface area contributed by atoms with E-state index >= 15 is 0 Å². The summed E-state index contributed by atoms with van der Waals surface area (Å²) in [4.78, 5) is 38.1. The highest BCUT2D eigenvalue weighted by Gasteiger charge is 2.22. The Labute approximate surface area is 533 Å². The molecule has 0 rings (SSSR count). The highest BCUT2D eigenvalue weighted by Crippen LogP contribution is 2.38. The average Bonchev–Trinajstić information content (AvgIpc) is 3.56. The maximum Gasteiger partial charge on any atom is 0.306 e. The lowest BCUT2D eigenvalue weighted by molar-refractivity contribution is -0.870. The summed E-state index contributed by atoms with van der Waals surface area (Å²) < 4.78 is 34.3. The number of carbonyl (C=O) groups excluding carboxylic acids is 2. The minimum Gasteiger partial charge on any atom is -0.756 e. The number of phosphoric ester groups is 1. The molecule has 0 amide bonds. The van der Waals surface area contributed by atoms with Gasteiger partial charge in [0.2, 0.25) is 0 Å². The smallest absolute Gasteiger partial charge is 0.306 e. The van der Waals surface area contributed by atoms with Gasteiger partial charge in [0.25, 0.3) is 7.82 Å². The Morgan fingerprint density at radius 2 is 0.663 bits per heavy atom. The van der Waals surface area contributed by atoms with Crippen LogP contribution in [0.1, 0.15) is 348 Å². The topological polar surface area (TPSA) is 111 Å². The number of allylic oxidation sites excluding steroid dienone is 12. The minimum absolute atomic E-state index is 0.0303. The van der Waals surface area contributed by atoms with Crippen LogP contribution in [0.2, 0.25) is 0 Å². The van der Waals surface area contributed by atoms with Crippen LogP contribution in [0.5, 0.6) is 0 Å². The Kier molecular flexibility index (Phi) is 64.9. The van der Waals surface area contributed by atoms with Gasteiger partial charge >= 0.3 is 11.9 Å². The number of unbranched alkanes of at least 4 members (excludes halogenated alkanes) is 42. The Bertz CT molecular complexity index is 1680. The van der Waals surface area contributed by atoms with Gasteiger partial charge in [-0.15, -0.1) is 0 Å². The number of phosphoric acid groups is 1. The molecule has 0 aromatic heterocycles. The van der Waals surface area contributed by atoms with Crippen molar-refractivity contribution in [1.82, 2.24) is 0 Å². The number of hydrogen-bond donors (Lipinski definition) is 0. The van der Waals surface area contributed by atoms with Gasteiger partial charge < -0.3 is 27.9 Å². The Morgan fingerprint density at radius 1 is 0.372 bits per heavy atom. The Hall–Kier alpha value is -2.55. The number of carbonyl (C=O) groups is 2. The summed E-state index contributed by atoms with van der Waals surface area (Å²) in [6.45, 7) is 4.17. The largest absolute Gasteiger partial charge is 0.756 e. The van der Waals surface area contributed by atoms with Gasteiger partial charge in [0.1, 0.15) is 19.8 Å². The number of esters is 2. The third-order valence-corrected chi connectivity index (χ3v) is 17.2. The van der Waals surface area contributed by atoms with Gasteiger partial charge in [0, 0.05) is 12.8 Å². The molecule has 0 aromatic carbocycles. The first kappa shape index (κ1) is 83.5. The Morgan fingerprint density at radius 3 is 0.988 bits per heavy atom. The molecular weight excluding hydrogens is 1090 g/mol. The first-order valence-corrected chi connectivity index (χ1v) is 38.1. The van der Waals surface area contributed by atoms with Crippen LogP contribution in [-0.4, -0.2) is 70.0 Å². The zero-order chi connectivity index (χ0) is 62.6. The summed E-state index contributed by atoms with van der Waals surface area (Å²) in [6.07, 6.45) is 90.0. The fourth-order valence-electron chi connectivity index (χ4n) is 10.6. The van der Waals surface area contributed by atoms with Crippen molar-refractivity contribution in [1.29, 1.82) is 0 Å². The fourth-order valence-corrected chi connectivity index (χ4v) is 11.4. The molecule has 0 aliphatic heterocycles. The van der Waals surface area contributed by atoms with Crippen molar-refractivity contribution in [2.24, 2.45) is 0 Å². The van der Waals surface area contributed by atoms with Gasteiger partial charge in [-0.25, -0.2) is 0 Å². The lowest BCUT2D eigenvalue weighted by Crippen LogP contribution is -2.37. The summed E-state index contributed by atoms with van der Waals surface area (Å²) in [5.41, 5.74) is 0. The second-order valence-corrected chi connectivity index (χ2v) is 27.3. The zero-order valence-corrected chi connectivity index (χ0v) is 58.2. The molecule has 0 saturated carbocycles. The molecule has 0 heterocycles. The number of rotatable bonds is 68. The van der Waals surface area contributed by atoms with Crippen LogP contribution in [0, 0.1) is 0 Å². The molecule has 0 bridgehead atoms. The molecule has 0 aliphatic rings. The van der Waals surface area contributed by atoms with Gasteiger partial charge in [-0.3, -0.25) is 14.2 Å². The number of likely N-dealkylation sites (N-methyl/N-ethyl adjacent to an activating group) is 1. The first-order valence-electron chi connectivity index (χ1n) is 36.6. The predicted octanol–water partition coefficient (Wildman–Crippen LogP) is 23.3. The molecule has 502 valence electrons. The number of hydrogen-bond acceptors (Lipinski definition) is 8. The Balaban J connectivity index is 3.93. The minimum atomic E-state index is -4.64. The number of ether oxygens (including phenoxy) is 2. The molecule has 86 heavy (non-hydrogen) atoms. The third-order valence-electron chi connectivity index (χ3n) is 16.2. The van der Waals surface area contributed by atoms with Crippen LogP contribution in [0.4, 0.5) is 0 Å². The van der Waals surface area contributed by atoms with Gasteiger partial charge in [-0.1, -0.05) is 324 Å². The van der Waals surface area contributed by atoms with E-state index in [0.29, 0.717) is 17.4 Å². The van der Waals surface area contributed by atoms with E-state index in [2.05, 4.69) is 86.8 Å². The van der Waals surface area contributed by atoms with Crippen molar-refractivity contribution in [3.63, 3.8) is 0 Å². The highest BCUT2D eigenvalue weighted by atomic mass is 31.2. The van der Waals surface area contributed by atoms with Crippen LogP contribution < -0.4 is 4.89 Å². The van der Waals surface area contributed by atoms with Crippen LogP contribution in [0.25, 0.3) is 0 Å². The lowest BCUT2D eigenvalue weighted by atomic mass is 10.0. The van der Waals surface area contributed by atoms with E-state index in [1.54, 1.807) is 0 Å². The SMILES string of the molecule is CC/C=C\C/C=C\C/C=C\C/C=C\CCCCCCCCCCCCCCCCCCCCCCCCCCCCC(=O)OC(COC(=O)CCCCCCCCCCCCC/C=C\C/C=C\CCCCCCC)COP(=O)([O-])OCC[N+](C)(C)C. The maximum atomic E-state index is 12.9. The normalized spacial score (nSPS) is 13.5. The van der Waals surface area contributed by atoms with E-state index in [4.69, 9.17) is 18.5 Å². The van der Waals surface area contributed by atoms with E-state index in [9.17, 15) is 19.0 Å². The van der Waals surface area contributed by atoms with Crippen molar-refractivity contribution in [2.45, 2.75) is 354 Å². The van der Waals surface area contributed by atoms with Crippen molar-refractivity contribution < 1.29 is 42.1 Å². The van der Waals surface area contributed by atoms with Crippen LogP contribution in [0.15, 0.2) is 72.9 Å². The molecule has 0 aliphatic carbocycles. The van der Waals surface area contributed by atoms with Crippen molar-refractivity contribution in [2.75, 3.05) is 47.5 Å². The van der Waals surface area contributed by atoms with Gasteiger partial charge in [0.05, 0.1) is 27.7 Å². The number of nitrogens with zero attached hydrogens (tertiary/aromatic N) is 1. The molecule has 0 N–H and O–H groups in total. The summed E-state index contributed by atoms with van der Waals surface area (Å²) in [5, 5.41) is 0. The van der Waals surface area contributed by atoms with Crippen LogP contribution in [0.3, 0.4) is 0 Å². The molecule has 2 unspecified atom stereocenters. The highest BCUT2D eigenvalue weighted by molar-refractivity contribution is 7.45. The fraction of sp³-hybridized carbons (Fsp3) is 0.816. The molecule has 9 nitrogen and oxygen atoms in total. The first-order chi connectivity index (χ1) is 42.0. The standard InChI is InChI=1S/C76H140NO8P/c1-6-8-10-12-14-16-18-20-22-24-26-28-30-31-32-33-34-35-36-37-38-39-40-41-42-43-44-45-47-49-51-53-55-57-59-61-63-65-67-69-76(79)85-74(73-84-86(80,81)83-71-70-77(3,4)5)72-82-75(78)68-66-64-62-60-58-56-54-52-50-48-46-29-27-25-23-21-19-17-15-13-11-9-7-2/h8,10,14,16,19-22,25-28,74H,6-7,9,11-13,15,17-18,23-24,29-73H2,1-5H3/b10-8-,16-14-,21-19-,22-20-,27-25-,28-26-. The van der Waals surface area contributed by atoms with Gasteiger partial charge in [0.15, 0.2) is 6.10 Å². The van der Waals surface area contributed by atoms with E-state index in [1.165, 1.54) is 250 Å². The second kappa shape index (κ2) is 66.9. The molecule has 0 saturated heterocycles. The number of quaternary nitrogens is 1. The molecule has 0 spiro atoms. The summed E-state index contributed by atoms with van der Waals surface area (Å²) in [5.74, 6) is -0.819. The van der Waals surface area contributed by atoms with Crippen molar-refractivity contribution >= 4 is 19.8 Å². The third kappa shape index (κ3) is 70.5. The monoisotopic (exact) mass is 1230 g/mol. The van der Waals surface area contributed by atoms with E-state index < -0.39 is 26.5 Å². The molecule has 2 atom stereocenters. The maximum absolute atomic E-state index is 12.9. The molecule has 10 heteroatoms. The molecule has 0 fully saturated rings. The van der Waals surface area contributed by atoms with Crippen LogP contribution in [-0.2, 0) is 32.7 Å². The van der Waals surface area contributed by atoms with E-state index in [1.807, 2.05) is 21.1 Å². The zero-order valence-electron chi connectivity index (χ0n) is 57.3. The summed E-state index contributed by atoms with van der Waals surface area (Å²) in [7, 11) is 1.18. The van der Waals surface area contributed by atoms with Crippen LogP contribution >= 0.6 is 7.82 Å². The van der Waals surface area contributed by atoms with Crippen molar-refractivity contribution in [3.8, 4) is 0 Å². The van der Waals surface area contributed by atoms with Crippen molar-refractivity contribution in [3.05, 3.63) is 72.9 Å².